The molecule has 2 atom stereocenters. The molecular weight excluding hydrogens is 1650 g/mol. The first-order chi connectivity index (χ1) is 54.6. The van der Waals surface area contributed by atoms with Gasteiger partial charge in [-0.05, 0) is 187 Å². The second-order valence-corrected chi connectivity index (χ2v) is 36.7. The van der Waals surface area contributed by atoms with Gasteiger partial charge in [-0.15, -0.1) is 0 Å². The molecule has 0 N–H and O–H groups in total. The lowest BCUT2D eigenvalue weighted by atomic mass is 9.85. The van der Waals surface area contributed by atoms with Gasteiger partial charge in [0.25, 0.3) is 0 Å². The van der Waals surface area contributed by atoms with Crippen molar-refractivity contribution in [1.82, 2.24) is 0 Å². The first-order valence-corrected chi connectivity index (χ1v) is 45.7. The van der Waals surface area contributed by atoms with Crippen LogP contribution in [-0.2, 0) is 76.8 Å². The van der Waals surface area contributed by atoms with Gasteiger partial charge in [0.2, 0.25) is 0 Å². The highest BCUT2D eigenvalue weighted by Gasteiger charge is 2.54. The van der Waals surface area contributed by atoms with Crippen LogP contribution in [-0.4, -0.2) is 105 Å². The summed E-state index contributed by atoms with van der Waals surface area (Å²) >= 11 is 4.81. The van der Waals surface area contributed by atoms with Gasteiger partial charge < -0.3 is 4.74 Å². The fraction of sp³-hybridized carbons (Fsp3) is 0.203. The molecule has 0 aromatic heterocycles. The van der Waals surface area contributed by atoms with Crippen molar-refractivity contribution in [2.75, 3.05) is 31.6 Å². The van der Waals surface area contributed by atoms with Crippen LogP contribution in [0.5, 0.6) is 5.75 Å². The number of hydrogen-bond donors (Lipinski definition) is 0. The maximum Gasteiger partial charge on any atom is 0.358 e. The Morgan fingerprint density at radius 2 is 0.800 bits per heavy atom. The molecule has 2 unspecified atom stereocenters. The van der Waals surface area contributed by atoms with E-state index in [2.05, 4.69) is 62.9 Å². The average Bonchev–Trinajstić information content (AvgIpc) is 1.61. The SMILES string of the molecule is COc1ccc(/C(C#N)=N/OS(C)(=O)=O)cc1.Cc1ccc(S(=O)(=O)O/N=C2\SC=C\C2=C(\C#N)c2ccccc2C)cc1.Cc1ccccc1/C(C#N)=C1\C=CS\C1=N/OS(=O)(=O)CC12CCC(CC1=O)C2.Cc1ccccc1/C(C#N)=C1\C=CS\C1=N/OS(C)(=O)=O.Cc1ccccc1/C(C#N)=C1\C=CS\C1=N/OS(C)(=O)=O. The zero-order valence-electron chi connectivity index (χ0n) is 62.7. The van der Waals surface area contributed by atoms with E-state index in [1.165, 1.54) is 66.3 Å². The standard InChI is InChI=1S/C21H20N2O4S2.C20H16N2O3S2.2C14H12N2O3S2.C10H10N2O4S/c1-14-4-2-3-5-16(14)18(12-22)17-7-9-28-20(17)23-27-29(25,26)13-21-8-6-15(11-21)10-19(21)24;1-14-7-9-16(10-8-14)27(23,24)25-22-20-18(11-12-26-20)19(13-21)17-6-4-3-5-15(17)2;2*1-10-5-3-4-6-11(10)13(9-15)12-7-8-20-14(12)16-19-21(2,17)18;1-15-9-5-3-8(4-6-9)10(7-11)12-16-17(2,13)14/h2-5,7,9,15H,6,8,10-11,13H2,1H3;3-12H,1-2H3;2*3-8H,1-2H3;3-6H,1-2H3/b18-17+,23-20-;19-18+,22-20-;2*13-12+,16-14-;12-10+. The number of Topliss-reactive ketones (excluding diaryl/α,β-unsaturated/α-hetero) is 1. The number of oxime groups is 5. The molecule has 2 bridgehead atoms. The third kappa shape index (κ3) is 25.1. The molecule has 0 radical (unpaired) electrons. The van der Waals surface area contributed by atoms with E-state index in [-0.39, 0.29) is 22.1 Å². The van der Waals surface area contributed by atoms with E-state index < -0.39 is 56.0 Å². The van der Waals surface area contributed by atoms with E-state index in [1.54, 1.807) is 88.4 Å². The predicted octanol–water partition coefficient (Wildman–Crippen LogP) is 15.1. The fourth-order valence-corrected chi connectivity index (χ4v) is 17.3. The predicted molar refractivity (Wildman–Crippen MR) is 448 cm³/mol. The summed E-state index contributed by atoms with van der Waals surface area (Å²) in [5.41, 5.74) is 11.2. The van der Waals surface area contributed by atoms with Gasteiger partial charge in [-0.25, -0.2) is 0 Å². The molecule has 0 amide bonds. The number of fused-ring (bicyclic) bond motifs is 2. The molecule has 0 spiro atoms. The number of allylic oxidation sites excluding steroid dienone is 8. The topological polar surface area (TPSA) is 424 Å². The minimum atomic E-state index is -4.03. The molecule has 36 heteroatoms. The number of nitrogens with zero attached hydrogens (tertiary/aromatic N) is 10. The van der Waals surface area contributed by atoms with Crippen molar-refractivity contribution in [3.8, 4) is 36.1 Å². The number of aryl methyl sites for hydroxylation is 5. The minimum Gasteiger partial charge on any atom is -0.497 e. The minimum absolute atomic E-state index is 0.0254. The molecule has 2 fully saturated rings. The van der Waals surface area contributed by atoms with Crippen LogP contribution in [0.15, 0.2) is 244 Å². The number of benzene rings is 6. The molecule has 6 aliphatic rings. The Balaban J connectivity index is 0.000000182. The highest BCUT2D eigenvalue weighted by molar-refractivity contribution is 8.18. The van der Waals surface area contributed by atoms with Crippen LogP contribution < -0.4 is 4.74 Å². The molecular formula is C79H70N10O17S9. The number of nitriles is 5. The smallest absolute Gasteiger partial charge is 0.358 e. The zero-order chi connectivity index (χ0) is 83.9. The van der Waals surface area contributed by atoms with Crippen molar-refractivity contribution in [2.45, 2.75) is 65.2 Å². The number of thioether (sulfide) groups is 4. The summed E-state index contributed by atoms with van der Waals surface area (Å²) in [5, 5.41) is 73.5. The molecule has 6 aromatic carbocycles. The van der Waals surface area contributed by atoms with Crippen LogP contribution in [0.4, 0.5) is 0 Å². The number of carbonyl (C=O) groups is 1. The Kier molecular flexibility index (Phi) is 31.1. The van der Waals surface area contributed by atoms with Gasteiger partial charge in [-0.2, -0.15) is 68.4 Å². The molecule has 4 heterocycles. The summed E-state index contributed by atoms with van der Waals surface area (Å²) in [5.74, 6) is 0.625. The summed E-state index contributed by atoms with van der Waals surface area (Å²) in [7, 11) is -17.6. The largest absolute Gasteiger partial charge is 0.497 e. The van der Waals surface area contributed by atoms with E-state index in [9.17, 15) is 67.9 Å². The van der Waals surface area contributed by atoms with Crippen molar-refractivity contribution in [1.29, 1.82) is 26.3 Å². The van der Waals surface area contributed by atoms with Crippen molar-refractivity contribution >= 4 is 152 Å². The third-order valence-corrected chi connectivity index (χ3v) is 23.5. The molecule has 6 aromatic rings. The quantitative estimate of drug-likeness (QED) is 0.0413. The average molecular weight is 1720 g/mol. The molecule has 4 aliphatic heterocycles. The number of ether oxygens (including phenoxy) is 1. The zero-order valence-corrected chi connectivity index (χ0v) is 70.0. The van der Waals surface area contributed by atoms with Crippen molar-refractivity contribution in [3.63, 3.8) is 0 Å². The highest BCUT2D eigenvalue weighted by Crippen LogP contribution is 2.52. The lowest BCUT2D eigenvalue weighted by Crippen LogP contribution is -2.33. The second-order valence-electron chi connectivity index (χ2n) is 25.4. The molecule has 2 aliphatic carbocycles. The van der Waals surface area contributed by atoms with Crippen LogP contribution in [0.2, 0.25) is 0 Å². The molecule has 12 rings (SSSR count). The Morgan fingerprint density at radius 3 is 1.10 bits per heavy atom. The van der Waals surface area contributed by atoms with Gasteiger partial charge in [0.15, 0.2) is 5.71 Å². The van der Waals surface area contributed by atoms with Crippen LogP contribution in [0.1, 0.15) is 81.3 Å². The van der Waals surface area contributed by atoms with Gasteiger partial charge in [-0.1, -0.05) is 188 Å². The molecule has 2 saturated carbocycles. The Labute approximate surface area is 685 Å². The summed E-state index contributed by atoms with van der Waals surface area (Å²) in [6.45, 7) is 9.49. The fourth-order valence-electron chi connectivity index (χ4n) is 11.6. The lowest BCUT2D eigenvalue weighted by Gasteiger charge is -2.23. The summed E-state index contributed by atoms with van der Waals surface area (Å²) in [4.78, 5) is 12.3. The van der Waals surface area contributed by atoms with Gasteiger partial charge in [0, 0.05) is 39.7 Å². The normalized spacial score (nSPS) is 19.8. The highest BCUT2D eigenvalue weighted by atomic mass is 32.2. The molecule has 27 nitrogen and oxygen atoms in total. The number of methoxy groups -OCH3 is 1. The van der Waals surface area contributed by atoms with Crippen LogP contribution >= 0.6 is 47.0 Å². The number of rotatable bonds is 19. The van der Waals surface area contributed by atoms with Crippen LogP contribution in [0.25, 0.3) is 22.3 Å². The maximum absolute atomic E-state index is 12.5. The van der Waals surface area contributed by atoms with E-state index in [4.69, 9.17) is 18.6 Å². The van der Waals surface area contributed by atoms with E-state index in [0.717, 1.165) is 75.3 Å². The van der Waals surface area contributed by atoms with E-state index in [0.29, 0.717) is 101 Å². The van der Waals surface area contributed by atoms with Crippen molar-refractivity contribution < 1.29 is 73.0 Å². The van der Waals surface area contributed by atoms with Gasteiger partial charge >= 0.3 is 50.6 Å². The van der Waals surface area contributed by atoms with E-state index >= 15 is 0 Å². The number of ketones is 1. The van der Waals surface area contributed by atoms with Crippen molar-refractivity contribution in [2.24, 2.45) is 37.1 Å². The number of carbonyl (C=O) groups excluding carboxylic acids is 1. The van der Waals surface area contributed by atoms with E-state index in [1.807, 2.05) is 132 Å². The Hall–Kier alpha value is -11.3. The Bertz CT molecular complexity index is 5930. The van der Waals surface area contributed by atoms with Gasteiger partial charge in [-0.3, -0.25) is 26.2 Å². The van der Waals surface area contributed by atoms with Gasteiger partial charge in [0.1, 0.15) is 72.7 Å². The number of hydrogen-bond acceptors (Lipinski definition) is 31. The summed E-state index contributed by atoms with van der Waals surface area (Å²) < 4.78 is 143. The third-order valence-electron chi connectivity index (χ3n) is 17.0. The van der Waals surface area contributed by atoms with Crippen LogP contribution in [0.3, 0.4) is 0 Å². The molecule has 0 saturated heterocycles. The monoisotopic (exact) mass is 1720 g/mol. The van der Waals surface area contributed by atoms with Gasteiger partial charge in [0.05, 0.1) is 48.2 Å². The first-order valence-electron chi connectivity index (χ1n) is 33.8. The van der Waals surface area contributed by atoms with Crippen LogP contribution in [0, 0.1) is 103 Å². The Morgan fingerprint density at radius 1 is 0.452 bits per heavy atom. The summed E-state index contributed by atoms with van der Waals surface area (Å²) in [6, 6.07) is 53.1. The lowest BCUT2D eigenvalue weighted by molar-refractivity contribution is -0.126. The molecule has 592 valence electrons. The summed E-state index contributed by atoms with van der Waals surface area (Å²) in [6.07, 6.45) is 12.2. The van der Waals surface area contributed by atoms with Crippen molar-refractivity contribution in [3.05, 3.63) is 269 Å². The first kappa shape index (κ1) is 89.2. The maximum atomic E-state index is 12.5. The molecule has 115 heavy (non-hydrogen) atoms. The second kappa shape index (κ2) is 40.1.